The SMILES string of the molecule is C[C@@H]1COCCN1c1nc2n(c(=O)c1F)CC[C@@H](C(F)(F)F)N2Cc1ccc(F)nc1.O=c1ccnc[nH]1. The van der Waals surface area contributed by atoms with Crippen molar-refractivity contribution in [3.05, 3.63) is 75.0 Å². The number of hydrogen-bond acceptors (Lipinski definition) is 8. The van der Waals surface area contributed by atoms with Crippen LogP contribution in [0.2, 0.25) is 0 Å². The van der Waals surface area contributed by atoms with E-state index in [0.717, 1.165) is 21.7 Å². The highest BCUT2D eigenvalue weighted by molar-refractivity contribution is 5.49. The van der Waals surface area contributed by atoms with Crippen molar-refractivity contribution in [3.8, 4) is 0 Å². The molecule has 2 aliphatic heterocycles. The molecule has 0 unspecified atom stereocenters. The third kappa shape index (κ3) is 5.98. The monoisotopic (exact) mass is 541 g/mol. The zero-order valence-electron chi connectivity index (χ0n) is 20.2. The van der Waals surface area contributed by atoms with Gasteiger partial charge in [-0.15, -0.1) is 0 Å². The first-order valence-electron chi connectivity index (χ1n) is 11.6. The summed E-state index contributed by atoms with van der Waals surface area (Å²) >= 11 is 0. The lowest BCUT2D eigenvalue weighted by Crippen LogP contribution is -2.53. The average Bonchev–Trinajstić information content (AvgIpc) is 2.88. The van der Waals surface area contributed by atoms with Crippen LogP contribution in [0.5, 0.6) is 0 Å². The van der Waals surface area contributed by atoms with E-state index < -0.39 is 36.0 Å². The molecule has 10 nitrogen and oxygen atoms in total. The second-order valence-electron chi connectivity index (χ2n) is 8.69. The number of ether oxygens (including phenoxy) is 1. The van der Waals surface area contributed by atoms with Crippen LogP contribution >= 0.6 is 0 Å². The highest BCUT2D eigenvalue weighted by Gasteiger charge is 2.47. The van der Waals surface area contributed by atoms with E-state index in [4.69, 9.17) is 4.74 Å². The molecule has 1 saturated heterocycles. The minimum atomic E-state index is -4.61. The summed E-state index contributed by atoms with van der Waals surface area (Å²) in [6, 6.07) is 1.45. The van der Waals surface area contributed by atoms with Crippen molar-refractivity contribution >= 4 is 11.8 Å². The van der Waals surface area contributed by atoms with Gasteiger partial charge in [0.25, 0.3) is 11.1 Å². The largest absolute Gasteiger partial charge is 0.408 e. The van der Waals surface area contributed by atoms with Gasteiger partial charge in [-0.25, -0.2) is 9.97 Å². The maximum atomic E-state index is 14.9. The van der Waals surface area contributed by atoms with Crippen LogP contribution in [0.4, 0.5) is 33.7 Å². The highest BCUT2D eigenvalue weighted by Crippen LogP contribution is 2.36. The molecule has 0 spiro atoms. The maximum absolute atomic E-state index is 14.9. The molecule has 0 aliphatic carbocycles. The molecule has 0 radical (unpaired) electrons. The summed E-state index contributed by atoms with van der Waals surface area (Å²) in [4.78, 5) is 38.9. The minimum Gasteiger partial charge on any atom is -0.377 e. The molecule has 1 N–H and O–H groups in total. The van der Waals surface area contributed by atoms with E-state index in [2.05, 4.69) is 19.9 Å². The van der Waals surface area contributed by atoms with E-state index in [1.807, 2.05) is 0 Å². The summed E-state index contributed by atoms with van der Waals surface area (Å²) in [7, 11) is 0. The molecule has 0 saturated carbocycles. The number of H-pyrrole nitrogens is 1. The van der Waals surface area contributed by atoms with Gasteiger partial charge >= 0.3 is 6.18 Å². The summed E-state index contributed by atoms with van der Waals surface area (Å²) in [6.45, 7) is 1.90. The van der Waals surface area contributed by atoms with Gasteiger partial charge in [-0.05, 0) is 25.0 Å². The lowest BCUT2D eigenvalue weighted by atomic mass is 10.1. The van der Waals surface area contributed by atoms with Crippen molar-refractivity contribution in [1.29, 1.82) is 0 Å². The van der Waals surface area contributed by atoms with Crippen molar-refractivity contribution in [1.82, 2.24) is 24.5 Å². The summed E-state index contributed by atoms with van der Waals surface area (Å²) in [5, 5.41) is 0. The van der Waals surface area contributed by atoms with Gasteiger partial charge in [0, 0.05) is 38.1 Å². The van der Waals surface area contributed by atoms with Gasteiger partial charge in [0.15, 0.2) is 5.82 Å². The van der Waals surface area contributed by atoms with Gasteiger partial charge in [-0.3, -0.25) is 14.2 Å². The molecule has 0 aromatic carbocycles. The zero-order chi connectivity index (χ0) is 27.4. The van der Waals surface area contributed by atoms with Crippen molar-refractivity contribution in [2.45, 2.75) is 44.7 Å². The Kier molecular flexibility index (Phi) is 8.04. The van der Waals surface area contributed by atoms with E-state index in [1.54, 1.807) is 6.92 Å². The third-order valence-corrected chi connectivity index (χ3v) is 6.09. The Morgan fingerprint density at radius 2 is 1.95 bits per heavy atom. The number of morpholine rings is 1. The number of pyridine rings is 1. The summed E-state index contributed by atoms with van der Waals surface area (Å²) in [5.74, 6) is -2.45. The fourth-order valence-corrected chi connectivity index (χ4v) is 4.23. The number of nitrogens with one attached hydrogen (secondary N) is 1. The first kappa shape index (κ1) is 27.2. The third-order valence-electron chi connectivity index (χ3n) is 6.09. The Morgan fingerprint density at radius 3 is 2.53 bits per heavy atom. The first-order valence-corrected chi connectivity index (χ1v) is 11.6. The molecule has 15 heteroatoms. The normalized spacial score (nSPS) is 19.4. The van der Waals surface area contributed by atoms with E-state index in [0.29, 0.717) is 5.56 Å². The highest BCUT2D eigenvalue weighted by atomic mass is 19.4. The molecule has 5 rings (SSSR count). The number of rotatable bonds is 3. The molecule has 2 aliphatic rings. The number of fused-ring (bicyclic) bond motifs is 1. The quantitative estimate of drug-likeness (QED) is 0.398. The van der Waals surface area contributed by atoms with Gasteiger partial charge in [0.05, 0.1) is 25.6 Å². The van der Waals surface area contributed by atoms with Crippen molar-refractivity contribution < 1.29 is 26.7 Å². The fourth-order valence-electron chi connectivity index (χ4n) is 4.23. The van der Waals surface area contributed by atoms with Crippen LogP contribution in [-0.2, 0) is 17.8 Å². The number of alkyl halides is 3. The Morgan fingerprint density at radius 1 is 1.16 bits per heavy atom. The number of halogens is 5. The van der Waals surface area contributed by atoms with E-state index >= 15 is 0 Å². The molecular weight excluding hydrogens is 517 g/mol. The Labute approximate surface area is 212 Å². The predicted octanol–water partition coefficient (Wildman–Crippen LogP) is 2.25. The minimum absolute atomic E-state index is 0.116. The number of aromatic amines is 1. The van der Waals surface area contributed by atoms with Gasteiger partial charge in [0.1, 0.15) is 6.04 Å². The summed E-state index contributed by atoms with van der Waals surface area (Å²) in [5.41, 5.74) is -0.847. The summed E-state index contributed by atoms with van der Waals surface area (Å²) < 4.78 is 75.7. The van der Waals surface area contributed by atoms with Crippen LogP contribution < -0.4 is 20.9 Å². The maximum Gasteiger partial charge on any atom is 0.408 e. The molecule has 0 bridgehead atoms. The lowest BCUT2D eigenvalue weighted by molar-refractivity contribution is -0.153. The van der Waals surface area contributed by atoms with Gasteiger partial charge in [-0.2, -0.15) is 26.9 Å². The van der Waals surface area contributed by atoms with Crippen molar-refractivity contribution in [2.75, 3.05) is 29.6 Å². The van der Waals surface area contributed by atoms with Crippen LogP contribution in [-0.4, -0.2) is 62.5 Å². The Hall–Kier alpha value is -3.88. The van der Waals surface area contributed by atoms with E-state index in [1.165, 1.54) is 29.6 Å². The van der Waals surface area contributed by atoms with E-state index in [-0.39, 0.29) is 56.2 Å². The Bertz CT molecular complexity index is 1350. The van der Waals surface area contributed by atoms with Gasteiger partial charge < -0.3 is 19.5 Å². The molecular formula is C23H24F5N7O3. The van der Waals surface area contributed by atoms with E-state index in [9.17, 15) is 31.5 Å². The fraction of sp³-hybridized carbons (Fsp3) is 0.435. The molecule has 0 amide bonds. The van der Waals surface area contributed by atoms with Gasteiger partial charge in [0.2, 0.25) is 17.7 Å². The van der Waals surface area contributed by atoms with Crippen molar-refractivity contribution in [3.63, 3.8) is 0 Å². The van der Waals surface area contributed by atoms with Crippen LogP contribution in [0.3, 0.4) is 0 Å². The molecule has 5 heterocycles. The second kappa shape index (κ2) is 11.2. The Balaban J connectivity index is 0.000000417. The van der Waals surface area contributed by atoms with Crippen molar-refractivity contribution in [2.24, 2.45) is 0 Å². The average molecular weight is 541 g/mol. The smallest absolute Gasteiger partial charge is 0.377 e. The predicted molar refractivity (Wildman–Crippen MR) is 126 cm³/mol. The lowest BCUT2D eigenvalue weighted by Gasteiger charge is -2.40. The second-order valence-corrected chi connectivity index (χ2v) is 8.69. The molecule has 2 atom stereocenters. The van der Waals surface area contributed by atoms with Crippen LogP contribution in [0.15, 0.2) is 46.5 Å². The topological polar surface area (TPSA) is 109 Å². The number of aromatic nitrogens is 5. The van der Waals surface area contributed by atoms with Crippen LogP contribution in [0, 0.1) is 11.8 Å². The molecule has 3 aromatic heterocycles. The molecule has 204 valence electrons. The summed E-state index contributed by atoms with van der Waals surface area (Å²) in [6.07, 6.45) is -1.15. The number of anilines is 2. The molecule has 1 fully saturated rings. The number of hydrogen-bond donors (Lipinski definition) is 1. The van der Waals surface area contributed by atoms with Gasteiger partial charge in [-0.1, -0.05) is 6.07 Å². The zero-order valence-corrected chi connectivity index (χ0v) is 20.2. The standard InChI is InChI=1S/C19H20F5N5O2.C4H4N2O/c1-11-10-31-7-6-27(11)16-15(21)17(30)28-5-4-13(19(22,23)24)29(18(28)26-16)9-12-2-3-14(20)25-8-12;7-4-1-2-5-3-6-4/h2-3,8,11,13H,4-7,9-10H2,1H3;1-3H,(H,5,6,7)/t11-,13+;/m1./s1. The van der Waals surface area contributed by atoms with Crippen LogP contribution in [0.1, 0.15) is 18.9 Å². The molecule has 38 heavy (non-hydrogen) atoms. The number of nitrogens with zero attached hydrogens (tertiary/aromatic N) is 6. The molecule has 3 aromatic rings. The van der Waals surface area contributed by atoms with Crippen LogP contribution in [0.25, 0.3) is 0 Å². The first-order chi connectivity index (χ1) is 18.1.